The Morgan fingerprint density at radius 3 is 1.37 bits per heavy atom. The molecule has 148 valence electrons. The first-order valence-corrected chi connectivity index (χ1v) is 13.3. The van der Waals surface area contributed by atoms with E-state index in [9.17, 15) is 0 Å². The van der Waals surface area contributed by atoms with Crippen LogP contribution in [-0.4, -0.2) is 0 Å². The maximum absolute atomic E-state index is 2.70. The van der Waals surface area contributed by atoms with Crippen LogP contribution in [0.2, 0.25) is 0 Å². The summed E-state index contributed by atoms with van der Waals surface area (Å²) in [6, 6.07) is 0. The molecule has 0 spiro atoms. The quantitative estimate of drug-likeness (QED) is 0.557. The van der Waals surface area contributed by atoms with Crippen LogP contribution in [0, 0.1) is 11.8 Å². The fourth-order valence-corrected chi connectivity index (χ4v) is 9.34. The minimum absolute atomic E-state index is 0. The van der Waals surface area contributed by atoms with Crippen molar-refractivity contribution in [2.75, 3.05) is 0 Å². The molecule has 0 fully saturated rings. The third kappa shape index (κ3) is 5.32. The van der Waals surface area contributed by atoms with E-state index in [1.165, 1.54) is 77.0 Å². The van der Waals surface area contributed by atoms with Crippen LogP contribution in [0.3, 0.4) is 0 Å². The summed E-state index contributed by atoms with van der Waals surface area (Å²) in [5.41, 5.74) is 7.21. The van der Waals surface area contributed by atoms with Gasteiger partial charge in [0.25, 0.3) is 0 Å². The van der Waals surface area contributed by atoms with E-state index in [4.69, 9.17) is 0 Å². The van der Waals surface area contributed by atoms with E-state index < -0.39 is 23.2 Å². The standard InChI is InChI=1S/2C12H17.2ClH.Zr/c2*1-10-8-9-11-6-4-2-3-5-7-12(10)11;;;/h2*9-10H,2-7H2,1H3;2*1H;/q;;;;+2/p-2. The largest absolute Gasteiger partial charge is 1.00 e. The molecular weight excluding hydrogens is 450 g/mol. The topological polar surface area (TPSA) is 0 Å². The summed E-state index contributed by atoms with van der Waals surface area (Å²) in [4.78, 5) is 0. The van der Waals surface area contributed by atoms with Crippen LogP contribution in [0.5, 0.6) is 0 Å². The van der Waals surface area contributed by atoms with Crippen molar-refractivity contribution in [2.45, 2.75) is 90.9 Å². The van der Waals surface area contributed by atoms with E-state index in [1.807, 2.05) is 17.7 Å². The van der Waals surface area contributed by atoms with Crippen molar-refractivity contribution >= 4 is 0 Å². The van der Waals surface area contributed by atoms with Crippen LogP contribution < -0.4 is 24.8 Å². The van der Waals surface area contributed by atoms with E-state index >= 15 is 0 Å². The van der Waals surface area contributed by atoms with Crippen molar-refractivity contribution < 1.29 is 48.0 Å². The molecule has 0 saturated carbocycles. The Labute approximate surface area is 190 Å². The Morgan fingerprint density at radius 2 is 0.963 bits per heavy atom. The molecular formula is C24H34Cl2Zr. The third-order valence-corrected chi connectivity index (χ3v) is 11.3. The summed E-state index contributed by atoms with van der Waals surface area (Å²) < 4.78 is 3.79. The average molecular weight is 485 g/mol. The zero-order chi connectivity index (χ0) is 17.2. The molecule has 4 aliphatic carbocycles. The van der Waals surface area contributed by atoms with Gasteiger partial charge in [0.15, 0.2) is 0 Å². The molecule has 0 aromatic heterocycles. The summed E-state index contributed by atoms with van der Waals surface area (Å²) in [5, 5.41) is 0. The molecule has 0 aliphatic heterocycles. The van der Waals surface area contributed by atoms with Crippen molar-refractivity contribution in [3.8, 4) is 0 Å². The van der Waals surface area contributed by atoms with Crippen molar-refractivity contribution in [1.29, 1.82) is 0 Å². The number of hydrogen-bond donors (Lipinski definition) is 0. The van der Waals surface area contributed by atoms with Gasteiger partial charge in [-0.05, 0) is 0 Å². The summed E-state index contributed by atoms with van der Waals surface area (Å²) in [6.45, 7) is 5.06. The molecule has 0 N–H and O–H groups in total. The van der Waals surface area contributed by atoms with E-state index in [1.54, 1.807) is 11.1 Å². The van der Waals surface area contributed by atoms with Crippen molar-refractivity contribution in [3.05, 3.63) is 41.0 Å². The molecule has 0 bridgehead atoms. The molecule has 4 aliphatic rings. The first-order valence-electron chi connectivity index (χ1n) is 10.9. The molecule has 0 aromatic carbocycles. The van der Waals surface area contributed by atoms with Gasteiger partial charge in [0, 0.05) is 0 Å². The molecule has 2 atom stereocenters. The molecule has 0 aromatic rings. The van der Waals surface area contributed by atoms with E-state index in [0.29, 0.717) is 0 Å². The SMILES string of the molecule is CC1[C]([Zr+2][C]2=CC3=C(CCCCCC3)C2C)=CC2=C1CCCCCC2.[Cl-].[Cl-]. The second kappa shape index (κ2) is 11.0. The second-order valence-corrected chi connectivity index (χ2v) is 12.1. The molecule has 0 heterocycles. The van der Waals surface area contributed by atoms with Crippen LogP contribution in [-0.2, 0) is 23.2 Å². The summed E-state index contributed by atoms with van der Waals surface area (Å²) >= 11 is -0.579. The predicted molar refractivity (Wildman–Crippen MR) is 104 cm³/mol. The first-order chi connectivity index (χ1) is 12.2. The van der Waals surface area contributed by atoms with Crippen molar-refractivity contribution in [2.24, 2.45) is 11.8 Å². The second-order valence-electron chi connectivity index (χ2n) is 8.70. The zero-order valence-electron chi connectivity index (χ0n) is 17.1. The summed E-state index contributed by atoms with van der Waals surface area (Å²) in [7, 11) is 0. The molecule has 4 rings (SSSR count). The van der Waals surface area contributed by atoms with Gasteiger partial charge in [0.05, 0.1) is 0 Å². The normalized spacial score (nSPS) is 28.2. The number of halogens is 2. The Morgan fingerprint density at radius 1 is 0.593 bits per heavy atom. The molecule has 2 unspecified atom stereocenters. The minimum Gasteiger partial charge on any atom is -1.00 e. The van der Waals surface area contributed by atoms with Crippen molar-refractivity contribution in [1.82, 2.24) is 0 Å². The predicted octanol–water partition coefficient (Wildman–Crippen LogP) is 1.45. The average Bonchev–Trinajstić information content (AvgIpc) is 2.98. The molecule has 0 radical (unpaired) electrons. The fraction of sp³-hybridized carbons (Fsp3) is 0.667. The number of allylic oxidation sites excluding steroid dienone is 8. The number of rotatable bonds is 2. The van der Waals surface area contributed by atoms with Crippen LogP contribution in [0.15, 0.2) is 41.0 Å². The molecule has 27 heavy (non-hydrogen) atoms. The molecule has 0 saturated heterocycles. The van der Waals surface area contributed by atoms with Gasteiger partial charge in [-0.15, -0.1) is 0 Å². The molecule has 0 nitrogen and oxygen atoms in total. The summed E-state index contributed by atoms with van der Waals surface area (Å²) in [5.74, 6) is 1.58. The van der Waals surface area contributed by atoms with Gasteiger partial charge in [0.2, 0.25) is 0 Å². The Hall–Kier alpha value is 0.423. The van der Waals surface area contributed by atoms with Crippen LogP contribution in [0.4, 0.5) is 0 Å². The summed E-state index contributed by atoms with van der Waals surface area (Å²) in [6.07, 6.45) is 22.4. The van der Waals surface area contributed by atoms with Gasteiger partial charge in [-0.1, -0.05) is 0 Å². The van der Waals surface area contributed by atoms with Crippen LogP contribution >= 0.6 is 0 Å². The Balaban J connectivity index is 0.00000131. The maximum atomic E-state index is 2.70. The molecule has 3 heteroatoms. The smallest absolute Gasteiger partial charge is 1.00 e. The van der Waals surface area contributed by atoms with Gasteiger partial charge in [0.1, 0.15) is 0 Å². The monoisotopic (exact) mass is 482 g/mol. The van der Waals surface area contributed by atoms with Crippen LogP contribution in [0.25, 0.3) is 0 Å². The Kier molecular flexibility index (Phi) is 9.65. The van der Waals surface area contributed by atoms with Gasteiger partial charge >= 0.3 is 167 Å². The molecule has 0 amide bonds. The maximum Gasteiger partial charge on any atom is -1.00 e. The van der Waals surface area contributed by atoms with Gasteiger partial charge in [-0.3, -0.25) is 0 Å². The van der Waals surface area contributed by atoms with E-state index in [-0.39, 0.29) is 24.8 Å². The van der Waals surface area contributed by atoms with E-state index in [2.05, 4.69) is 26.0 Å². The fourth-order valence-electron chi connectivity index (χ4n) is 5.39. The Bertz CT molecular complexity index is 597. The minimum atomic E-state index is -0.579. The van der Waals surface area contributed by atoms with Gasteiger partial charge < -0.3 is 24.8 Å². The van der Waals surface area contributed by atoms with Gasteiger partial charge in [-0.2, -0.15) is 0 Å². The zero-order valence-corrected chi connectivity index (χ0v) is 21.0. The van der Waals surface area contributed by atoms with Gasteiger partial charge in [-0.25, -0.2) is 0 Å². The first kappa shape index (κ1) is 23.7. The van der Waals surface area contributed by atoms with Crippen molar-refractivity contribution in [3.63, 3.8) is 0 Å². The third-order valence-electron chi connectivity index (χ3n) is 7.04. The van der Waals surface area contributed by atoms with Crippen LogP contribution in [0.1, 0.15) is 90.9 Å². The number of hydrogen-bond acceptors (Lipinski definition) is 0. The van der Waals surface area contributed by atoms with E-state index in [0.717, 1.165) is 11.8 Å².